The molecule has 0 aliphatic carbocycles. The molecule has 0 N–H and O–H groups in total. The van der Waals surface area contributed by atoms with Gasteiger partial charge in [0.05, 0.1) is 0 Å². The van der Waals surface area contributed by atoms with Gasteiger partial charge < -0.3 is 4.98 Å². The van der Waals surface area contributed by atoms with Gasteiger partial charge in [-0.1, -0.05) is 42.5 Å². The molecule has 0 saturated heterocycles. The van der Waals surface area contributed by atoms with Crippen LogP contribution in [0.3, 0.4) is 0 Å². The second-order valence-corrected chi connectivity index (χ2v) is 8.57. The Bertz CT molecular complexity index is 1560. The van der Waals surface area contributed by atoms with Crippen LogP contribution in [0.25, 0.3) is 55.8 Å². The summed E-state index contributed by atoms with van der Waals surface area (Å²) < 4.78 is 0. The van der Waals surface area contributed by atoms with Gasteiger partial charge in [0.25, 0.3) is 0 Å². The van der Waals surface area contributed by atoms with Crippen LogP contribution in [0.1, 0.15) is 0 Å². The summed E-state index contributed by atoms with van der Waals surface area (Å²) in [5.41, 5.74) is 10.9. The summed E-state index contributed by atoms with van der Waals surface area (Å²) in [6.45, 7) is 0. The molecule has 0 amide bonds. The van der Waals surface area contributed by atoms with Crippen molar-refractivity contribution in [2.45, 2.75) is 0 Å². The Hall–Kier alpha value is -4.24. The monoisotopic (exact) mass is 653 g/mol. The number of rotatable bonds is 5. The van der Waals surface area contributed by atoms with E-state index in [9.17, 15) is 0 Å². The van der Waals surface area contributed by atoms with Gasteiger partial charge in [-0.2, -0.15) is 0 Å². The average molecular weight is 653 g/mol. The van der Waals surface area contributed by atoms with E-state index in [0.717, 1.165) is 55.8 Å². The standard InChI is InChI=1S/C33H22N3.Ir/c1-2-16-36-33(13-1)27-10-4-8-25(18-27)24-7-3-9-26(17-24)30-19-31(28-11-5-14-34-22-28)21-32(20-30)29-12-6-15-35-23-29;/h1-9,11-23H;/q-1;. The third-order valence-electron chi connectivity index (χ3n) is 6.19. The predicted octanol–water partition coefficient (Wildman–Crippen LogP) is 8.00. The summed E-state index contributed by atoms with van der Waals surface area (Å²) in [5, 5.41) is 0. The van der Waals surface area contributed by atoms with Gasteiger partial charge in [-0.25, -0.2) is 0 Å². The fraction of sp³-hybridized carbons (Fsp3) is 0. The second-order valence-electron chi connectivity index (χ2n) is 8.57. The zero-order valence-corrected chi connectivity index (χ0v) is 22.3. The first kappa shape index (κ1) is 24.5. The van der Waals surface area contributed by atoms with Gasteiger partial charge in [0, 0.05) is 62.2 Å². The number of pyridine rings is 3. The quantitative estimate of drug-likeness (QED) is 0.177. The van der Waals surface area contributed by atoms with Crippen molar-refractivity contribution >= 4 is 0 Å². The van der Waals surface area contributed by atoms with E-state index in [1.807, 2.05) is 55.0 Å². The van der Waals surface area contributed by atoms with Gasteiger partial charge in [0.15, 0.2) is 0 Å². The van der Waals surface area contributed by atoms with Gasteiger partial charge in [0.1, 0.15) is 0 Å². The Labute approximate surface area is 230 Å². The number of aromatic nitrogens is 3. The van der Waals surface area contributed by atoms with E-state index in [1.54, 1.807) is 12.4 Å². The van der Waals surface area contributed by atoms with E-state index in [2.05, 4.69) is 87.7 Å². The molecule has 6 aromatic rings. The van der Waals surface area contributed by atoms with Crippen LogP contribution in [0.2, 0.25) is 0 Å². The summed E-state index contributed by atoms with van der Waals surface area (Å²) in [6.07, 6.45) is 9.22. The predicted molar refractivity (Wildman–Crippen MR) is 146 cm³/mol. The van der Waals surface area contributed by atoms with Crippen LogP contribution in [0.15, 0.2) is 134 Å². The van der Waals surface area contributed by atoms with Crippen molar-refractivity contribution in [2.24, 2.45) is 0 Å². The van der Waals surface area contributed by atoms with Crippen molar-refractivity contribution in [3.05, 3.63) is 140 Å². The first-order valence-electron chi connectivity index (χ1n) is 11.8. The molecule has 0 aliphatic rings. The van der Waals surface area contributed by atoms with Gasteiger partial charge in [-0.15, -0.1) is 35.4 Å². The molecule has 0 aliphatic heterocycles. The third kappa shape index (κ3) is 5.46. The topological polar surface area (TPSA) is 38.7 Å². The second kappa shape index (κ2) is 11.2. The van der Waals surface area contributed by atoms with Crippen LogP contribution in [0, 0.1) is 6.07 Å². The normalized spacial score (nSPS) is 10.5. The molecule has 37 heavy (non-hydrogen) atoms. The van der Waals surface area contributed by atoms with E-state index in [0.29, 0.717) is 0 Å². The Kier molecular flexibility index (Phi) is 7.41. The Balaban J connectivity index is 0.00000280. The van der Waals surface area contributed by atoms with Crippen molar-refractivity contribution in [3.63, 3.8) is 0 Å². The molecule has 3 aromatic heterocycles. The van der Waals surface area contributed by atoms with E-state index >= 15 is 0 Å². The molecule has 6 rings (SSSR count). The molecule has 0 atom stereocenters. The van der Waals surface area contributed by atoms with Gasteiger partial charge in [-0.3, -0.25) is 9.97 Å². The summed E-state index contributed by atoms with van der Waals surface area (Å²) in [5.74, 6) is 0. The Morgan fingerprint density at radius 3 is 1.62 bits per heavy atom. The molecule has 179 valence electrons. The van der Waals surface area contributed by atoms with Crippen LogP contribution in [0.4, 0.5) is 0 Å². The summed E-state index contributed by atoms with van der Waals surface area (Å²) in [7, 11) is 0. The van der Waals surface area contributed by atoms with Crippen molar-refractivity contribution in [3.8, 4) is 55.8 Å². The van der Waals surface area contributed by atoms with Crippen molar-refractivity contribution < 1.29 is 20.1 Å². The molecule has 0 saturated carbocycles. The fourth-order valence-electron chi connectivity index (χ4n) is 4.39. The first-order valence-corrected chi connectivity index (χ1v) is 11.8. The van der Waals surface area contributed by atoms with Crippen molar-refractivity contribution in [1.82, 2.24) is 15.0 Å². The Morgan fingerprint density at radius 2 is 1.03 bits per heavy atom. The van der Waals surface area contributed by atoms with Crippen LogP contribution < -0.4 is 0 Å². The minimum absolute atomic E-state index is 0. The minimum Gasteiger partial charge on any atom is -0.305 e. The zero-order chi connectivity index (χ0) is 24.2. The number of hydrogen-bond donors (Lipinski definition) is 0. The number of benzene rings is 3. The molecule has 0 fully saturated rings. The van der Waals surface area contributed by atoms with E-state index in [-0.39, 0.29) is 20.1 Å². The molecule has 0 spiro atoms. The van der Waals surface area contributed by atoms with Gasteiger partial charge >= 0.3 is 0 Å². The molecule has 4 heteroatoms. The average Bonchev–Trinajstić information content (AvgIpc) is 2.98. The first-order chi connectivity index (χ1) is 17.8. The summed E-state index contributed by atoms with van der Waals surface area (Å²) in [4.78, 5) is 13.1. The molecule has 0 unspecified atom stereocenters. The van der Waals surface area contributed by atoms with Crippen LogP contribution in [-0.2, 0) is 20.1 Å². The molecular formula is C33H22IrN3-. The van der Waals surface area contributed by atoms with Crippen molar-refractivity contribution in [1.29, 1.82) is 0 Å². The van der Waals surface area contributed by atoms with Crippen LogP contribution in [0.5, 0.6) is 0 Å². The summed E-state index contributed by atoms with van der Waals surface area (Å²) >= 11 is 0. The zero-order valence-electron chi connectivity index (χ0n) is 19.9. The fourth-order valence-corrected chi connectivity index (χ4v) is 4.39. The molecule has 3 aromatic carbocycles. The third-order valence-corrected chi connectivity index (χ3v) is 6.19. The Morgan fingerprint density at radius 1 is 0.459 bits per heavy atom. The minimum atomic E-state index is 0. The number of hydrogen-bond acceptors (Lipinski definition) is 3. The van der Waals surface area contributed by atoms with E-state index in [4.69, 9.17) is 0 Å². The van der Waals surface area contributed by atoms with Crippen LogP contribution in [-0.4, -0.2) is 15.0 Å². The van der Waals surface area contributed by atoms with E-state index in [1.165, 1.54) is 0 Å². The molecule has 1 radical (unpaired) electrons. The maximum absolute atomic E-state index is 4.48. The molecule has 3 nitrogen and oxygen atoms in total. The van der Waals surface area contributed by atoms with Gasteiger partial charge in [-0.05, 0) is 76.0 Å². The van der Waals surface area contributed by atoms with Crippen molar-refractivity contribution in [2.75, 3.05) is 0 Å². The smallest absolute Gasteiger partial charge is 0.0346 e. The SMILES string of the molecule is [Ir].[c-]1ccc(-c2cccc(-c3cc(-c4cccnc4)cc(-c4cccnc4)c3)c2)cc1-c1ccccn1. The maximum Gasteiger partial charge on any atom is 0.0346 e. The van der Waals surface area contributed by atoms with E-state index < -0.39 is 0 Å². The van der Waals surface area contributed by atoms with Gasteiger partial charge in [0.2, 0.25) is 0 Å². The number of nitrogens with zero attached hydrogens (tertiary/aromatic N) is 3. The van der Waals surface area contributed by atoms with Crippen LogP contribution >= 0.6 is 0 Å². The molecule has 3 heterocycles. The molecule has 0 bridgehead atoms. The maximum atomic E-state index is 4.48. The summed E-state index contributed by atoms with van der Waals surface area (Å²) in [6, 6.07) is 38.9. The largest absolute Gasteiger partial charge is 0.305 e. The molecular weight excluding hydrogens is 631 g/mol.